The molecule has 3 aromatic heterocycles. The van der Waals surface area contributed by atoms with Crippen LogP contribution in [0.4, 0.5) is 0 Å². The molecule has 0 aliphatic carbocycles. The highest BCUT2D eigenvalue weighted by atomic mass is 35.5. The number of hydrogen-bond donors (Lipinski definition) is 2. The number of nitrogens with zero attached hydrogens (tertiary/aromatic N) is 3. The Labute approximate surface area is 163 Å². The molecule has 3 aromatic rings. The van der Waals surface area contributed by atoms with Crippen molar-refractivity contribution in [2.45, 2.75) is 27.3 Å². The van der Waals surface area contributed by atoms with Crippen molar-refractivity contribution in [1.82, 2.24) is 25.1 Å². The van der Waals surface area contributed by atoms with Gasteiger partial charge in [-0.3, -0.25) is 19.7 Å². The minimum atomic E-state index is -0.437. The van der Waals surface area contributed by atoms with Gasteiger partial charge in [0.05, 0.1) is 5.56 Å². The van der Waals surface area contributed by atoms with Gasteiger partial charge < -0.3 is 5.32 Å². The standard InChI is InChI=1S/C19H21N5O2.ClH/c1-19(2,3)18(26)22-10-13-6-7-16(21-9-13)24-17(25)15(12-23-24)14-5-4-8-20-11-14;/h4-9,11-12,23H,10H2,1-3H3,(H,22,26);1H. The molecule has 7 nitrogen and oxygen atoms in total. The molecule has 0 saturated carbocycles. The van der Waals surface area contributed by atoms with E-state index in [-0.39, 0.29) is 23.9 Å². The van der Waals surface area contributed by atoms with Crippen LogP contribution in [0.25, 0.3) is 16.9 Å². The average Bonchev–Trinajstić information content (AvgIpc) is 3.01. The summed E-state index contributed by atoms with van der Waals surface area (Å²) in [7, 11) is 0. The van der Waals surface area contributed by atoms with E-state index in [0.717, 1.165) is 11.1 Å². The molecular formula is C19H22ClN5O2. The first-order valence-corrected chi connectivity index (χ1v) is 8.31. The summed E-state index contributed by atoms with van der Waals surface area (Å²) in [4.78, 5) is 32.9. The lowest BCUT2D eigenvalue weighted by Crippen LogP contribution is -2.34. The van der Waals surface area contributed by atoms with Gasteiger partial charge in [-0.1, -0.05) is 32.9 Å². The van der Waals surface area contributed by atoms with Crippen molar-refractivity contribution in [2.75, 3.05) is 0 Å². The first-order chi connectivity index (χ1) is 12.4. The average molecular weight is 388 g/mol. The summed E-state index contributed by atoms with van der Waals surface area (Å²) >= 11 is 0. The summed E-state index contributed by atoms with van der Waals surface area (Å²) in [5.41, 5.74) is 1.50. The van der Waals surface area contributed by atoms with Gasteiger partial charge in [0.2, 0.25) is 5.91 Å². The van der Waals surface area contributed by atoms with Crippen LogP contribution in [0.2, 0.25) is 0 Å². The minimum Gasteiger partial charge on any atom is -0.352 e. The van der Waals surface area contributed by atoms with Gasteiger partial charge in [0.25, 0.3) is 5.56 Å². The third-order valence-corrected chi connectivity index (χ3v) is 3.92. The molecule has 0 aromatic carbocycles. The van der Waals surface area contributed by atoms with E-state index in [1.165, 1.54) is 4.68 Å². The fourth-order valence-corrected chi connectivity index (χ4v) is 2.37. The molecule has 0 aliphatic rings. The molecule has 0 unspecified atom stereocenters. The molecule has 27 heavy (non-hydrogen) atoms. The number of halogens is 1. The zero-order chi connectivity index (χ0) is 18.7. The Balaban J connectivity index is 0.00000261. The second-order valence-electron chi connectivity index (χ2n) is 7.03. The highest BCUT2D eigenvalue weighted by Gasteiger charge is 2.20. The number of nitrogens with one attached hydrogen (secondary N) is 2. The molecule has 3 rings (SSSR count). The monoisotopic (exact) mass is 387 g/mol. The van der Waals surface area contributed by atoms with Gasteiger partial charge in [0.15, 0.2) is 5.82 Å². The number of H-pyrrole nitrogens is 1. The van der Waals surface area contributed by atoms with Gasteiger partial charge in [-0.15, -0.1) is 12.4 Å². The van der Waals surface area contributed by atoms with Crippen LogP contribution in [0.5, 0.6) is 0 Å². The molecule has 0 bridgehead atoms. The Kier molecular flexibility index (Phi) is 6.17. The molecule has 0 atom stereocenters. The summed E-state index contributed by atoms with van der Waals surface area (Å²) in [6, 6.07) is 7.19. The highest BCUT2D eigenvalue weighted by molar-refractivity contribution is 5.85. The molecule has 8 heteroatoms. The number of carbonyl (C=O) groups is 1. The van der Waals surface area contributed by atoms with Crippen LogP contribution in [0.3, 0.4) is 0 Å². The maximum atomic E-state index is 12.6. The molecular weight excluding hydrogens is 366 g/mol. The quantitative estimate of drug-likeness (QED) is 0.719. The minimum absolute atomic E-state index is 0. The summed E-state index contributed by atoms with van der Waals surface area (Å²) in [6.45, 7) is 5.98. The molecule has 142 valence electrons. The predicted octanol–water partition coefficient (Wildman–Crippen LogP) is 2.71. The van der Waals surface area contributed by atoms with E-state index in [4.69, 9.17) is 0 Å². The molecule has 3 heterocycles. The fourth-order valence-electron chi connectivity index (χ4n) is 2.37. The van der Waals surface area contributed by atoms with Crippen LogP contribution in [-0.4, -0.2) is 25.7 Å². The van der Waals surface area contributed by atoms with Crippen molar-refractivity contribution in [3.8, 4) is 16.9 Å². The van der Waals surface area contributed by atoms with Crippen LogP contribution in [0, 0.1) is 5.41 Å². The summed E-state index contributed by atoms with van der Waals surface area (Å²) in [5.74, 6) is 0.458. The van der Waals surface area contributed by atoms with Crippen LogP contribution < -0.4 is 10.9 Å². The molecule has 1 amide bonds. The van der Waals surface area contributed by atoms with E-state index in [0.29, 0.717) is 17.9 Å². The van der Waals surface area contributed by atoms with Gasteiger partial charge in [0.1, 0.15) is 0 Å². The lowest BCUT2D eigenvalue weighted by molar-refractivity contribution is -0.128. The third kappa shape index (κ3) is 4.62. The van der Waals surface area contributed by atoms with Crippen molar-refractivity contribution in [1.29, 1.82) is 0 Å². The van der Waals surface area contributed by atoms with E-state index in [1.807, 2.05) is 32.9 Å². The third-order valence-electron chi connectivity index (χ3n) is 3.92. The van der Waals surface area contributed by atoms with Gasteiger partial charge >= 0.3 is 0 Å². The number of aromatic nitrogens is 4. The fraction of sp³-hybridized carbons (Fsp3) is 0.263. The van der Waals surface area contributed by atoms with Crippen molar-refractivity contribution in [3.05, 3.63) is 65.0 Å². The number of aromatic amines is 1. The van der Waals surface area contributed by atoms with Crippen molar-refractivity contribution >= 4 is 18.3 Å². The Morgan fingerprint density at radius 1 is 1.22 bits per heavy atom. The largest absolute Gasteiger partial charge is 0.352 e. The van der Waals surface area contributed by atoms with Crippen LogP contribution >= 0.6 is 12.4 Å². The molecule has 0 aliphatic heterocycles. The summed E-state index contributed by atoms with van der Waals surface area (Å²) < 4.78 is 1.37. The van der Waals surface area contributed by atoms with Crippen LogP contribution in [-0.2, 0) is 11.3 Å². The number of pyridine rings is 2. The normalized spacial score (nSPS) is 10.9. The van der Waals surface area contributed by atoms with Crippen LogP contribution in [0.1, 0.15) is 26.3 Å². The number of amides is 1. The van der Waals surface area contributed by atoms with E-state index in [2.05, 4.69) is 20.4 Å². The first kappa shape index (κ1) is 20.4. The maximum absolute atomic E-state index is 12.6. The zero-order valence-electron chi connectivity index (χ0n) is 15.4. The molecule has 0 saturated heterocycles. The number of carbonyl (C=O) groups excluding carboxylic acids is 1. The predicted molar refractivity (Wildman–Crippen MR) is 106 cm³/mol. The second-order valence-corrected chi connectivity index (χ2v) is 7.03. The maximum Gasteiger partial charge on any atom is 0.280 e. The highest BCUT2D eigenvalue weighted by Crippen LogP contribution is 2.14. The van der Waals surface area contributed by atoms with Gasteiger partial charge in [-0.05, 0) is 17.7 Å². The Morgan fingerprint density at radius 2 is 2.00 bits per heavy atom. The second kappa shape index (κ2) is 8.18. The molecule has 0 radical (unpaired) electrons. The zero-order valence-corrected chi connectivity index (χ0v) is 16.2. The topological polar surface area (TPSA) is 92.7 Å². The SMILES string of the molecule is CC(C)(C)C(=O)NCc1ccc(-n2[nH]cc(-c3cccnc3)c2=O)nc1.Cl. The Morgan fingerprint density at radius 3 is 2.59 bits per heavy atom. The van der Waals surface area contributed by atoms with E-state index < -0.39 is 5.41 Å². The van der Waals surface area contributed by atoms with Crippen LogP contribution in [0.15, 0.2) is 53.8 Å². The Bertz CT molecular complexity index is 956. The van der Waals surface area contributed by atoms with E-state index in [9.17, 15) is 9.59 Å². The molecule has 0 fully saturated rings. The van der Waals surface area contributed by atoms with Gasteiger partial charge in [-0.2, -0.15) is 0 Å². The molecule has 2 N–H and O–H groups in total. The van der Waals surface area contributed by atoms with Gasteiger partial charge in [-0.25, -0.2) is 9.67 Å². The lowest BCUT2D eigenvalue weighted by atomic mass is 9.96. The lowest BCUT2D eigenvalue weighted by Gasteiger charge is -2.17. The summed E-state index contributed by atoms with van der Waals surface area (Å²) in [5, 5.41) is 5.80. The van der Waals surface area contributed by atoms with E-state index >= 15 is 0 Å². The van der Waals surface area contributed by atoms with Crippen molar-refractivity contribution < 1.29 is 4.79 Å². The van der Waals surface area contributed by atoms with Crippen molar-refractivity contribution in [2.24, 2.45) is 5.41 Å². The first-order valence-electron chi connectivity index (χ1n) is 8.31. The molecule has 0 spiro atoms. The smallest absolute Gasteiger partial charge is 0.280 e. The number of rotatable bonds is 4. The van der Waals surface area contributed by atoms with Crippen molar-refractivity contribution in [3.63, 3.8) is 0 Å². The summed E-state index contributed by atoms with van der Waals surface area (Å²) in [6.07, 6.45) is 6.59. The van der Waals surface area contributed by atoms with Gasteiger partial charge in [0, 0.05) is 42.3 Å². The number of hydrogen-bond acceptors (Lipinski definition) is 4. The Hall–Kier alpha value is -2.93. The van der Waals surface area contributed by atoms with E-state index in [1.54, 1.807) is 36.9 Å².